The molecule has 3 rings (SSSR count). The molecule has 24 heavy (non-hydrogen) atoms. The fourth-order valence-corrected chi connectivity index (χ4v) is 3.41. The Hall–Kier alpha value is -2.19. The molecule has 0 aliphatic rings. The number of carbonyl (C=O) groups is 1. The third-order valence-electron chi connectivity index (χ3n) is 3.00. The summed E-state index contributed by atoms with van der Waals surface area (Å²) >= 11 is 1.78. The highest BCUT2D eigenvalue weighted by molar-refractivity contribution is 7.99. The van der Waals surface area contributed by atoms with E-state index in [4.69, 9.17) is 4.42 Å². The van der Waals surface area contributed by atoms with E-state index in [1.807, 2.05) is 0 Å². The number of nitrogens with one attached hydrogen (secondary N) is 1. The maximum atomic E-state index is 12.6. The van der Waals surface area contributed by atoms with Gasteiger partial charge in [0.15, 0.2) is 10.8 Å². The van der Waals surface area contributed by atoms with E-state index in [1.54, 1.807) is 48.0 Å². The zero-order valence-corrected chi connectivity index (χ0v) is 13.9. The quantitative estimate of drug-likeness (QED) is 0.631. The topological polar surface area (TPSA) is 55.1 Å². The SMILES string of the molecule is O=C(Cc1csc(-c2ccco2)n1)Nc1ccccc1SC(F)F. The van der Waals surface area contributed by atoms with Gasteiger partial charge < -0.3 is 9.73 Å². The molecule has 0 spiro atoms. The second-order valence-electron chi connectivity index (χ2n) is 4.72. The molecule has 0 atom stereocenters. The number of benzene rings is 1. The largest absolute Gasteiger partial charge is 0.462 e. The van der Waals surface area contributed by atoms with Crippen molar-refractivity contribution in [2.45, 2.75) is 17.1 Å². The lowest BCUT2D eigenvalue weighted by Gasteiger charge is -2.09. The Balaban J connectivity index is 1.66. The Labute approximate surface area is 144 Å². The Morgan fingerprint density at radius 2 is 2.12 bits per heavy atom. The molecule has 1 amide bonds. The maximum absolute atomic E-state index is 12.6. The number of aromatic nitrogens is 1. The van der Waals surface area contributed by atoms with Crippen molar-refractivity contribution >= 4 is 34.7 Å². The zero-order valence-electron chi connectivity index (χ0n) is 12.2. The number of thioether (sulfide) groups is 1. The zero-order chi connectivity index (χ0) is 16.9. The summed E-state index contributed by atoms with van der Waals surface area (Å²) in [6.07, 6.45) is 1.62. The molecule has 0 saturated carbocycles. The van der Waals surface area contributed by atoms with Crippen LogP contribution in [-0.2, 0) is 11.2 Å². The maximum Gasteiger partial charge on any atom is 0.288 e. The number of hydrogen-bond acceptors (Lipinski definition) is 5. The molecule has 0 fully saturated rings. The van der Waals surface area contributed by atoms with Gasteiger partial charge >= 0.3 is 0 Å². The van der Waals surface area contributed by atoms with Crippen LogP contribution in [0.3, 0.4) is 0 Å². The van der Waals surface area contributed by atoms with Gasteiger partial charge in [-0.3, -0.25) is 4.79 Å². The van der Waals surface area contributed by atoms with E-state index in [0.29, 0.717) is 38.8 Å². The molecule has 4 nitrogen and oxygen atoms in total. The Kier molecular flexibility index (Phi) is 5.27. The highest BCUT2D eigenvalue weighted by Crippen LogP contribution is 2.31. The van der Waals surface area contributed by atoms with Crippen LogP contribution in [0.4, 0.5) is 14.5 Å². The highest BCUT2D eigenvalue weighted by atomic mass is 32.2. The molecule has 0 radical (unpaired) electrons. The van der Waals surface area contributed by atoms with Crippen LogP contribution in [0.1, 0.15) is 5.69 Å². The van der Waals surface area contributed by atoms with Gasteiger partial charge in [0.2, 0.25) is 5.91 Å². The van der Waals surface area contributed by atoms with Crippen molar-refractivity contribution in [3.63, 3.8) is 0 Å². The first-order chi connectivity index (χ1) is 11.6. The number of carbonyl (C=O) groups excluding carboxylic acids is 1. The van der Waals surface area contributed by atoms with Crippen molar-refractivity contribution in [2.24, 2.45) is 0 Å². The first-order valence-corrected chi connectivity index (χ1v) is 8.70. The van der Waals surface area contributed by atoms with Crippen LogP contribution in [0, 0.1) is 0 Å². The summed E-state index contributed by atoms with van der Waals surface area (Å²) in [5, 5.41) is 5.12. The third-order valence-corrected chi connectivity index (χ3v) is 4.70. The van der Waals surface area contributed by atoms with Crippen LogP contribution in [0.2, 0.25) is 0 Å². The molecule has 3 aromatic rings. The van der Waals surface area contributed by atoms with E-state index in [2.05, 4.69) is 10.3 Å². The minimum atomic E-state index is -2.54. The van der Waals surface area contributed by atoms with E-state index in [1.165, 1.54) is 11.3 Å². The molecule has 0 saturated heterocycles. The lowest BCUT2D eigenvalue weighted by atomic mass is 10.3. The molecule has 2 aromatic heterocycles. The van der Waals surface area contributed by atoms with Crippen LogP contribution in [0.25, 0.3) is 10.8 Å². The van der Waals surface area contributed by atoms with Crippen LogP contribution in [0.15, 0.2) is 57.4 Å². The van der Waals surface area contributed by atoms with E-state index in [9.17, 15) is 13.6 Å². The van der Waals surface area contributed by atoms with Crippen LogP contribution in [0.5, 0.6) is 0 Å². The Morgan fingerprint density at radius 1 is 1.29 bits per heavy atom. The molecule has 2 heterocycles. The van der Waals surface area contributed by atoms with Crippen molar-refractivity contribution in [1.82, 2.24) is 4.98 Å². The number of halogens is 2. The molecule has 8 heteroatoms. The lowest BCUT2D eigenvalue weighted by molar-refractivity contribution is -0.115. The fraction of sp³-hybridized carbons (Fsp3) is 0.125. The predicted molar refractivity (Wildman–Crippen MR) is 90.5 cm³/mol. The van der Waals surface area contributed by atoms with Gasteiger partial charge in [-0.25, -0.2) is 4.98 Å². The molecule has 1 aromatic carbocycles. The summed E-state index contributed by atoms with van der Waals surface area (Å²) in [5.41, 5.74) is 0.970. The first kappa shape index (κ1) is 16.7. The van der Waals surface area contributed by atoms with Gasteiger partial charge in [-0.1, -0.05) is 23.9 Å². The molecule has 124 valence electrons. The summed E-state index contributed by atoms with van der Waals surface area (Å²) in [6, 6.07) is 10.0. The predicted octanol–water partition coefficient (Wildman–Crippen LogP) is 4.90. The first-order valence-electron chi connectivity index (χ1n) is 6.94. The fourth-order valence-electron chi connectivity index (χ4n) is 2.03. The summed E-state index contributed by atoms with van der Waals surface area (Å²) in [4.78, 5) is 16.8. The lowest BCUT2D eigenvalue weighted by Crippen LogP contribution is -2.15. The molecule has 1 N–H and O–H groups in total. The van der Waals surface area contributed by atoms with Gasteiger partial charge in [0.1, 0.15) is 0 Å². The van der Waals surface area contributed by atoms with E-state index in [0.717, 1.165) is 0 Å². The van der Waals surface area contributed by atoms with Crippen molar-refractivity contribution in [3.8, 4) is 10.8 Å². The number of nitrogens with zero attached hydrogens (tertiary/aromatic N) is 1. The summed E-state index contributed by atoms with van der Waals surface area (Å²) in [7, 11) is 0. The number of anilines is 1. The number of furan rings is 1. The molecular weight excluding hydrogens is 354 g/mol. The van der Waals surface area contributed by atoms with Crippen molar-refractivity contribution < 1.29 is 18.0 Å². The minimum absolute atomic E-state index is 0.0604. The van der Waals surface area contributed by atoms with Gasteiger partial charge in [0, 0.05) is 10.3 Å². The number of amides is 1. The van der Waals surface area contributed by atoms with E-state index < -0.39 is 5.76 Å². The van der Waals surface area contributed by atoms with Crippen LogP contribution >= 0.6 is 23.1 Å². The van der Waals surface area contributed by atoms with Gasteiger partial charge in [-0.05, 0) is 24.3 Å². The van der Waals surface area contributed by atoms with Gasteiger partial charge in [0.25, 0.3) is 5.76 Å². The normalized spacial score (nSPS) is 11.0. The highest BCUT2D eigenvalue weighted by Gasteiger charge is 2.14. The summed E-state index contributed by atoms with van der Waals surface area (Å²) < 4.78 is 30.4. The molecular formula is C16H12F2N2O2S2. The number of hydrogen-bond donors (Lipinski definition) is 1. The van der Waals surface area contributed by atoms with Gasteiger partial charge in [-0.2, -0.15) is 8.78 Å². The standard InChI is InChI=1S/C16H12F2N2O2S2/c17-16(18)24-13-6-2-1-4-11(13)20-14(21)8-10-9-23-15(19-10)12-5-3-7-22-12/h1-7,9,16H,8H2,(H,20,21). The van der Waals surface area contributed by atoms with E-state index in [-0.39, 0.29) is 12.3 Å². The van der Waals surface area contributed by atoms with Crippen molar-refractivity contribution in [1.29, 1.82) is 0 Å². The third kappa shape index (κ3) is 4.21. The molecule has 0 aliphatic heterocycles. The summed E-state index contributed by atoms with van der Waals surface area (Å²) in [6.45, 7) is 0. The van der Waals surface area contributed by atoms with Crippen LogP contribution in [-0.4, -0.2) is 16.6 Å². The van der Waals surface area contributed by atoms with Crippen LogP contribution < -0.4 is 5.32 Å². The average molecular weight is 366 g/mol. The monoisotopic (exact) mass is 366 g/mol. The van der Waals surface area contributed by atoms with E-state index >= 15 is 0 Å². The number of thiazole rings is 1. The second-order valence-corrected chi connectivity index (χ2v) is 6.61. The minimum Gasteiger partial charge on any atom is -0.462 e. The average Bonchev–Trinajstić information content (AvgIpc) is 3.19. The van der Waals surface area contributed by atoms with Crippen molar-refractivity contribution in [3.05, 3.63) is 53.7 Å². The Bertz CT molecular complexity index is 819. The molecule has 0 bridgehead atoms. The number of rotatable bonds is 6. The van der Waals surface area contributed by atoms with Gasteiger partial charge in [-0.15, -0.1) is 11.3 Å². The molecule has 0 aliphatic carbocycles. The second kappa shape index (κ2) is 7.59. The Morgan fingerprint density at radius 3 is 2.88 bits per heavy atom. The van der Waals surface area contributed by atoms with Gasteiger partial charge in [0.05, 0.1) is 24.1 Å². The number of alkyl halides is 2. The molecule has 0 unspecified atom stereocenters. The number of para-hydroxylation sites is 1. The summed E-state index contributed by atoms with van der Waals surface area (Å²) in [5.74, 6) is -2.21. The van der Waals surface area contributed by atoms with Crippen molar-refractivity contribution in [2.75, 3.05) is 5.32 Å². The smallest absolute Gasteiger partial charge is 0.288 e.